The number of nitrogens with zero attached hydrogens (tertiary/aromatic N) is 1. The van der Waals surface area contributed by atoms with Crippen LogP contribution in [0.25, 0.3) is 6.08 Å². The molecule has 2 nitrogen and oxygen atoms in total. The fourth-order valence-corrected chi connectivity index (χ4v) is 2.95. The van der Waals surface area contributed by atoms with Crippen molar-refractivity contribution in [3.63, 3.8) is 0 Å². The molecule has 24 heavy (non-hydrogen) atoms. The van der Waals surface area contributed by atoms with E-state index in [2.05, 4.69) is 80.6 Å². The highest BCUT2D eigenvalue weighted by atomic mass is 35.5. The first-order valence-electron chi connectivity index (χ1n) is 8.25. The van der Waals surface area contributed by atoms with Gasteiger partial charge in [-0.3, -0.25) is 0 Å². The highest BCUT2D eigenvalue weighted by molar-refractivity contribution is 6.30. The lowest BCUT2D eigenvalue weighted by atomic mass is 9.80. The van der Waals surface area contributed by atoms with Crippen LogP contribution in [-0.4, -0.2) is 21.1 Å². The fourth-order valence-electron chi connectivity index (χ4n) is 2.78. The molecule has 2 rings (SSSR count). The Hall–Kier alpha value is -1.93. The summed E-state index contributed by atoms with van der Waals surface area (Å²) in [5.74, 6) is 0. The monoisotopic (exact) mass is 342 g/mol. The molecule has 0 unspecified atom stereocenters. The zero-order chi connectivity index (χ0) is 17.7. The Labute approximate surface area is 151 Å². The third-order valence-corrected chi connectivity index (χ3v) is 4.56. The Bertz CT molecular complexity index is 700. The molecule has 0 bridgehead atoms. The largest absolute Gasteiger partial charge is 0.388 e. The molecule has 0 aromatic heterocycles. The normalized spacial score (nSPS) is 11.8. The van der Waals surface area contributed by atoms with Crippen molar-refractivity contribution in [1.82, 2.24) is 0 Å². The average molecular weight is 343 g/mol. The number of rotatable bonds is 6. The lowest BCUT2D eigenvalue weighted by Crippen LogP contribution is -2.18. The minimum absolute atomic E-state index is 0.00329. The summed E-state index contributed by atoms with van der Waals surface area (Å²) in [6.07, 6.45) is 5.37. The Morgan fingerprint density at radius 3 is 2.33 bits per heavy atom. The smallest absolute Gasteiger partial charge is 0.0410 e. The number of halogens is 1. The summed E-state index contributed by atoms with van der Waals surface area (Å²) in [7, 11) is 6.06. The first-order valence-corrected chi connectivity index (χ1v) is 8.63. The van der Waals surface area contributed by atoms with E-state index in [4.69, 9.17) is 11.6 Å². The minimum Gasteiger partial charge on any atom is -0.388 e. The van der Waals surface area contributed by atoms with Crippen LogP contribution >= 0.6 is 11.6 Å². The van der Waals surface area contributed by atoms with Gasteiger partial charge in [0.15, 0.2) is 0 Å². The molecule has 0 amide bonds. The van der Waals surface area contributed by atoms with Crippen LogP contribution in [0.3, 0.4) is 0 Å². The van der Waals surface area contributed by atoms with Gasteiger partial charge in [-0.1, -0.05) is 49.7 Å². The number of nitrogens with one attached hydrogen (secondary N) is 1. The van der Waals surface area contributed by atoms with Crippen LogP contribution < -0.4 is 10.2 Å². The van der Waals surface area contributed by atoms with Crippen molar-refractivity contribution in [3.8, 4) is 0 Å². The lowest BCUT2D eigenvalue weighted by Gasteiger charge is -2.26. The number of benzene rings is 2. The number of allylic oxidation sites excluding steroid dienone is 1. The predicted molar refractivity (Wildman–Crippen MR) is 108 cm³/mol. The topological polar surface area (TPSA) is 15.3 Å². The molecular formula is C21H27ClN2. The summed E-state index contributed by atoms with van der Waals surface area (Å²) in [4.78, 5) is 2.11. The van der Waals surface area contributed by atoms with Gasteiger partial charge in [0.05, 0.1) is 0 Å². The summed E-state index contributed by atoms with van der Waals surface area (Å²) in [6, 6.07) is 14.6. The van der Waals surface area contributed by atoms with Crippen molar-refractivity contribution < 1.29 is 0 Å². The molecular weight excluding hydrogens is 316 g/mol. The quantitative estimate of drug-likeness (QED) is 0.710. The summed E-state index contributed by atoms with van der Waals surface area (Å²) >= 11 is 6.20. The van der Waals surface area contributed by atoms with Gasteiger partial charge >= 0.3 is 0 Å². The van der Waals surface area contributed by atoms with Gasteiger partial charge in [0, 0.05) is 37.5 Å². The Kier molecular flexibility index (Phi) is 5.95. The number of hydrogen-bond acceptors (Lipinski definition) is 2. The van der Waals surface area contributed by atoms with E-state index in [1.165, 1.54) is 16.8 Å². The van der Waals surface area contributed by atoms with Crippen LogP contribution in [-0.2, 0) is 5.41 Å². The summed E-state index contributed by atoms with van der Waals surface area (Å²) in [5, 5.41) is 4.04. The maximum atomic E-state index is 6.20. The highest BCUT2D eigenvalue weighted by Crippen LogP contribution is 2.35. The van der Waals surface area contributed by atoms with Crippen molar-refractivity contribution in [2.75, 3.05) is 31.4 Å². The molecule has 0 fully saturated rings. The second kappa shape index (κ2) is 7.76. The van der Waals surface area contributed by atoms with Crippen LogP contribution in [0, 0.1) is 0 Å². The molecule has 2 aromatic carbocycles. The van der Waals surface area contributed by atoms with Crippen LogP contribution in [0.15, 0.2) is 48.5 Å². The number of anilines is 2. The maximum Gasteiger partial charge on any atom is 0.0410 e. The summed E-state index contributed by atoms with van der Waals surface area (Å²) < 4.78 is 0. The zero-order valence-electron chi connectivity index (χ0n) is 15.2. The highest BCUT2D eigenvalue weighted by Gasteiger charge is 2.22. The van der Waals surface area contributed by atoms with Crippen molar-refractivity contribution in [1.29, 1.82) is 0 Å². The first kappa shape index (κ1) is 18.4. The summed E-state index contributed by atoms with van der Waals surface area (Å²) in [6.45, 7) is 4.50. The molecule has 0 aliphatic rings. The van der Waals surface area contributed by atoms with Gasteiger partial charge in [-0.05, 0) is 53.3 Å². The van der Waals surface area contributed by atoms with E-state index in [0.717, 1.165) is 17.1 Å². The van der Waals surface area contributed by atoms with Gasteiger partial charge in [0.2, 0.25) is 0 Å². The molecule has 1 N–H and O–H groups in total. The Balaban J connectivity index is 2.13. The lowest BCUT2D eigenvalue weighted by molar-refractivity contribution is 0.536. The van der Waals surface area contributed by atoms with Gasteiger partial charge < -0.3 is 10.2 Å². The van der Waals surface area contributed by atoms with Crippen LogP contribution in [0.1, 0.15) is 31.4 Å². The molecule has 0 radical (unpaired) electrons. The zero-order valence-corrected chi connectivity index (χ0v) is 16.0. The van der Waals surface area contributed by atoms with Crippen LogP contribution in [0.4, 0.5) is 11.4 Å². The third kappa shape index (κ3) is 4.55. The van der Waals surface area contributed by atoms with Crippen LogP contribution in [0.2, 0.25) is 5.02 Å². The Morgan fingerprint density at radius 2 is 1.75 bits per heavy atom. The molecule has 0 heterocycles. The van der Waals surface area contributed by atoms with Crippen molar-refractivity contribution in [3.05, 3.63) is 64.7 Å². The molecule has 2 aromatic rings. The number of hydrogen-bond donors (Lipinski definition) is 1. The SMILES string of the molecule is CNc1ccc(Cl)cc1C(C)(C)C/C=C/c1ccc(N(C)C)cc1. The second-order valence-electron chi connectivity index (χ2n) is 6.92. The standard InChI is InChI=1S/C21H27ClN2/c1-21(2,19-15-17(22)10-13-20(19)23-3)14-6-7-16-8-11-18(12-9-16)24(4)5/h6-13,15,23H,14H2,1-5H3/b7-6+. The molecule has 0 saturated carbocycles. The predicted octanol–water partition coefficient (Wildman–Crippen LogP) is 5.83. The van der Waals surface area contributed by atoms with E-state index in [1.54, 1.807) is 0 Å². The molecule has 0 aliphatic heterocycles. The molecule has 128 valence electrons. The van der Waals surface area contributed by atoms with Gasteiger partial charge in [-0.25, -0.2) is 0 Å². The third-order valence-electron chi connectivity index (χ3n) is 4.33. The van der Waals surface area contributed by atoms with Gasteiger partial charge in [-0.2, -0.15) is 0 Å². The molecule has 0 atom stereocenters. The fraction of sp³-hybridized carbons (Fsp3) is 0.333. The molecule has 0 saturated heterocycles. The van der Waals surface area contributed by atoms with E-state index < -0.39 is 0 Å². The van der Waals surface area contributed by atoms with Crippen molar-refractivity contribution in [2.45, 2.75) is 25.7 Å². The van der Waals surface area contributed by atoms with E-state index in [9.17, 15) is 0 Å². The first-order chi connectivity index (χ1) is 11.3. The summed E-state index contributed by atoms with van der Waals surface area (Å²) in [5.41, 5.74) is 4.81. The Morgan fingerprint density at radius 1 is 1.08 bits per heavy atom. The molecule has 0 aliphatic carbocycles. The van der Waals surface area contributed by atoms with E-state index >= 15 is 0 Å². The van der Waals surface area contributed by atoms with Crippen molar-refractivity contribution in [2.24, 2.45) is 0 Å². The second-order valence-corrected chi connectivity index (χ2v) is 7.35. The van der Waals surface area contributed by atoms with Crippen molar-refractivity contribution >= 4 is 29.1 Å². The average Bonchev–Trinajstić information content (AvgIpc) is 2.55. The van der Waals surface area contributed by atoms with Gasteiger partial charge in [0.1, 0.15) is 0 Å². The molecule has 3 heteroatoms. The van der Waals surface area contributed by atoms with Crippen LogP contribution in [0.5, 0.6) is 0 Å². The molecule has 0 spiro atoms. The van der Waals surface area contributed by atoms with E-state index in [0.29, 0.717) is 0 Å². The van der Waals surface area contributed by atoms with E-state index in [1.807, 2.05) is 19.2 Å². The van der Waals surface area contributed by atoms with Gasteiger partial charge in [-0.15, -0.1) is 0 Å². The van der Waals surface area contributed by atoms with E-state index in [-0.39, 0.29) is 5.41 Å². The maximum absolute atomic E-state index is 6.20. The van der Waals surface area contributed by atoms with Gasteiger partial charge in [0.25, 0.3) is 0 Å². The minimum atomic E-state index is 0.00329.